The van der Waals surface area contributed by atoms with E-state index in [-0.39, 0.29) is 5.92 Å². The number of hydrogen-bond donors (Lipinski definition) is 1. The van der Waals surface area contributed by atoms with Crippen molar-refractivity contribution in [2.45, 2.75) is 26.3 Å². The first-order chi connectivity index (χ1) is 4.09. The lowest BCUT2D eigenvalue weighted by molar-refractivity contribution is -0.308. The Hall–Kier alpha value is -0.570. The van der Waals surface area contributed by atoms with Crippen LogP contribution in [0.5, 0.6) is 0 Å². The van der Waals surface area contributed by atoms with Crippen molar-refractivity contribution >= 4 is 5.97 Å². The minimum absolute atomic E-state index is 0.00926. The Bertz CT molecular complexity index is 103. The maximum absolute atomic E-state index is 10.1. The summed E-state index contributed by atoms with van der Waals surface area (Å²) in [6.07, 6.45) is 0.773. The molecule has 0 aromatic heterocycles. The van der Waals surface area contributed by atoms with Gasteiger partial charge in [-0.25, -0.2) is 0 Å². The first kappa shape index (κ1) is 8.43. The minimum Gasteiger partial charge on any atom is -0.548 e. The van der Waals surface area contributed by atoms with Gasteiger partial charge in [0, 0.05) is 6.04 Å². The second-order valence-corrected chi connectivity index (χ2v) is 2.23. The van der Waals surface area contributed by atoms with E-state index in [4.69, 9.17) is 5.73 Å². The summed E-state index contributed by atoms with van der Waals surface area (Å²) in [6.45, 7) is 3.69. The third kappa shape index (κ3) is 2.46. The summed E-state index contributed by atoms with van der Waals surface area (Å²) in [5.41, 5.74) is 5.21. The third-order valence-electron chi connectivity index (χ3n) is 1.53. The van der Waals surface area contributed by atoms with Crippen molar-refractivity contribution < 1.29 is 9.90 Å². The number of rotatable bonds is 3. The van der Waals surface area contributed by atoms with Crippen molar-refractivity contribution in [2.24, 2.45) is 11.7 Å². The zero-order chi connectivity index (χ0) is 7.44. The number of nitrogens with two attached hydrogens (primary N) is 1. The van der Waals surface area contributed by atoms with Crippen LogP contribution in [0, 0.1) is 5.92 Å². The van der Waals surface area contributed by atoms with Crippen LogP contribution in [0.15, 0.2) is 0 Å². The lowest BCUT2D eigenvalue weighted by Crippen LogP contribution is -2.45. The quantitative estimate of drug-likeness (QED) is 0.539. The molecule has 0 aromatic rings. The van der Waals surface area contributed by atoms with Crippen molar-refractivity contribution in [1.82, 2.24) is 0 Å². The first-order valence-electron chi connectivity index (χ1n) is 3.06. The van der Waals surface area contributed by atoms with Crippen molar-refractivity contribution in [3.8, 4) is 0 Å². The topological polar surface area (TPSA) is 66.2 Å². The van der Waals surface area contributed by atoms with Gasteiger partial charge in [0.2, 0.25) is 0 Å². The van der Waals surface area contributed by atoms with Crippen LogP contribution in [0.2, 0.25) is 0 Å². The van der Waals surface area contributed by atoms with Gasteiger partial charge >= 0.3 is 0 Å². The van der Waals surface area contributed by atoms with E-state index in [1.807, 2.05) is 6.92 Å². The van der Waals surface area contributed by atoms with Gasteiger partial charge in [-0.05, 0) is 5.92 Å². The Morgan fingerprint density at radius 1 is 1.78 bits per heavy atom. The summed E-state index contributed by atoms with van der Waals surface area (Å²) in [7, 11) is 0. The summed E-state index contributed by atoms with van der Waals surface area (Å²) >= 11 is 0. The molecule has 0 fully saturated rings. The summed E-state index contributed by atoms with van der Waals surface area (Å²) < 4.78 is 0. The highest BCUT2D eigenvalue weighted by molar-refractivity contribution is 5.71. The lowest BCUT2D eigenvalue weighted by atomic mass is 10.0. The van der Waals surface area contributed by atoms with Gasteiger partial charge in [0.1, 0.15) is 0 Å². The normalized spacial score (nSPS) is 16.8. The van der Waals surface area contributed by atoms with Crippen LogP contribution < -0.4 is 10.8 Å². The molecule has 0 saturated carbocycles. The van der Waals surface area contributed by atoms with E-state index < -0.39 is 12.0 Å². The smallest absolute Gasteiger partial charge is 0.0584 e. The minimum atomic E-state index is -1.16. The van der Waals surface area contributed by atoms with Crippen LogP contribution in [0.25, 0.3) is 0 Å². The Labute approximate surface area is 54.9 Å². The Kier molecular flexibility index (Phi) is 3.24. The molecule has 9 heavy (non-hydrogen) atoms. The van der Waals surface area contributed by atoms with Crippen molar-refractivity contribution in [2.75, 3.05) is 0 Å². The van der Waals surface area contributed by atoms with E-state index >= 15 is 0 Å². The molecule has 0 saturated heterocycles. The molecule has 0 aliphatic carbocycles. The third-order valence-corrected chi connectivity index (χ3v) is 1.53. The molecule has 0 unspecified atom stereocenters. The number of carboxylic acid groups (broad SMARTS) is 1. The summed E-state index contributed by atoms with van der Waals surface area (Å²) in [5, 5.41) is 10.1. The fourth-order valence-corrected chi connectivity index (χ4v) is 0.486. The average Bonchev–Trinajstić information content (AvgIpc) is 1.84. The first-order valence-corrected chi connectivity index (χ1v) is 3.06. The van der Waals surface area contributed by atoms with Crippen LogP contribution in [-0.4, -0.2) is 12.0 Å². The highest BCUT2D eigenvalue weighted by Crippen LogP contribution is 2.03. The number of carbonyl (C=O) groups excluding carboxylic acids is 1. The monoisotopic (exact) mass is 130 g/mol. The van der Waals surface area contributed by atoms with Gasteiger partial charge in [-0.15, -0.1) is 0 Å². The summed E-state index contributed by atoms with van der Waals surface area (Å²) in [4.78, 5) is 10.1. The molecular formula is C6H12NO2-. The Morgan fingerprint density at radius 2 is 2.22 bits per heavy atom. The Morgan fingerprint density at radius 3 is 2.33 bits per heavy atom. The van der Waals surface area contributed by atoms with Gasteiger partial charge in [-0.3, -0.25) is 0 Å². The largest absolute Gasteiger partial charge is 0.548 e. The second-order valence-electron chi connectivity index (χ2n) is 2.23. The number of carboxylic acids is 1. The maximum atomic E-state index is 10.1. The molecule has 0 bridgehead atoms. The molecule has 0 rings (SSSR count). The van der Waals surface area contributed by atoms with E-state index in [0.717, 1.165) is 6.42 Å². The lowest BCUT2D eigenvalue weighted by Gasteiger charge is -2.18. The standard InChI is InChI=1S/C6H13NO2/c1-3-4(2)5(7)6(8)9/h4-5H,3,7H2,1-2H3,(H,8,9)/p-1/t4-,5-/m0/s1. The second kappa shape index (κ2) is 3.45. The van der Waals surface area contributed by atoms with Crippen molar-refractivity contribution in [3.05, 3.63) is 0 Å². The molecule has 0 amide bonds. The van der Waals surface area contributed by atoms with Crippen molar-refractivity contribution in [1.29, 1.82) is 0 Å². The van der Waals surface area contributed by atoms with Crippen molar-refractivity contribution in [3.63, 3.8) is 0 Å². The highest BCUT2D eigenvalue weighted by atomic mass is 16.4. The van der Waals surface area contributed by atoms with E-state index in [1.165, 1.54) is 0 Å². The van der Waals surface area contributed by atoms with E-state index in [9.17, 15) is 9.90 Å². The van der Waals surface area contributed by atoms with E-state index in [1.54, 1.807) is 6.92 Å². The van der Waals surface area contributed by atoms with Gasteiger partial charge in [0.25, 0.3) is 0 Å². The maximum Gasteiger partial charge on any atom is 0.0584 e. The Balaban J connectivity index is 3.72. The average molecular weight is 130 g/mol. The van der Waals surface area contributed by atoms with Gasteiger partial charge in [-0.1, -0.05) is 20.3 Å². The predicted molar refractivity (Wildman–Crippen MR) is 32.4 cm³/mol. The van der Waals surface area contributed by atoms with Gasteiger partial charge < -0.3 is 15.6 Å². The van der Waals surface area contributed by atoms with Gasteiger partial charge in [-0.2, -0.15) is 0 Å². The predicted octanol–water partition coefficient (Wildman–Crippen LogP) is -0.890. The number of carbonyl (C=O) groups is 1. The molecule has 0 aromatic carbocycles. The molecule has 0 aliphatic rings. The molecule has 0 radical (unpaired) electrons. The molecule has 0 heterocycles. The van der Waals surface area contributed by atoms with Gasteiger partial charge in [0.05, 0.1) is 5.97 Å². The molecule has 3 nitrogen and oxygen atoms in total. The van der Waals surface area contributed by atoms with Gasteiger partial charge in [0.15, 0.2) is 0 Å². The van der Waals surface area contributed by atoms with Crippen LogP contribution in [0.1, 0.15) is 20.3 Å². The summed E-state index contributed by atoms with van der Waals surface area (Å²) in [5.74, 6) is -1.15. The zero-order valence-corrected chi connectivity index (χ0v) is 5.76. The fraction of sp³-hybridized carbons (Fsp3) is 0.833. The van der Waals surface area contributed by atoms with E-state index in [0.29, 0.717) is 0 Å². The van der Waals surface area contributed by atoms with Crippen LogP contribution in [-0.2, 0) is 4.79 Å². The summed E-state index contributed by atoms with van der Waals surface area (Å²) in [6, 6.07) is -0.810. The molecule has 0 spiro atoms. The molecule has 2 N–H and O–H groups in total. The van der Waals surface area contributed by atoms with Crippen LogP contribution >= 0.6 is 0 Å². The van der Waals surface area contributed by atoms with Crippen LogP contribution in [0.3, 0.4) is 0 Å². The number of aliphatic carboxylic acids is 1. The fourth-order valence-electron chi connectivity index (χ4n) is 0.486. The molecule has 54 valence electrons. The molecular weight excluding hydrogens is 118 g/mol. The van der Waals surface area contributed by atoms with Crippen LogP contribution in [0.4, 0.5) is 0 Å². The molecule has 2 atom stereocenters. The zero-order valence-electron chi connectivity index (χ0n) is 5.76. The van der Waals surface area contributed by atoms with E-state index in [2.05, 4.69) is 0 Å². The number of hydrogen-bond acceptors (Lipinski definition) is 3. The SMILES string of the molecule is CC[C@H](C)[C@H](N)C(=O)[O-]. The molecule has 3 heteroatoms. The highest BCUT2D eigenvalue weighted by Gasteiger charge is 2.10. The molecule has 0 aliphatic heterocycles.